The molecule has 1 fully saturated rings. The molecule has 1 aliphatic heterocycles. The summed E-state index contributed by atoms with van der Waals surface area (Å²) in [7, 11) is 0. The molecule has 0 N–H and O–H groups in total. The van der Waals surface area contributed by atoms with Gasteiger partial charge in [0.1, 0.15) is 17.2 Å². The van der Waals surface area contributed by atoms with Crippen LogP contribution in [0, 0.1) is 11.6 Å². The van der Waals surface area contributed by atoms with Crippen LogP contribution in [0.25, 0.3) is 0 Å². The Labute approximate surface area is 99.9 Å². The van der Waals surface area contributed by atoms with E-state index < -0.39 is 35.0 Å². The number of hydrogen-bond acceptors (Lipinski definition) is 4. The van der Waals surface area contributed by atoms with E-state index in [4.69, 9.17) is 0 Å². The molecule has 2 rings (SSSR count). The Morgan fingerprint density at radius 1 is 1.17 bits per heavy atom. The Bertz CT molecular complexity index is 528. The van der Waals surface area contributed by atoms with Crippen molar-refractivity contribution in [2.24, 2.45) is 0 Å². The molecule has 0 radical (unpaired) electrons. The fourth-order valence-corrected chi connectivity index (χ4v) is 1.44. The summed E-state index contributed by atoms with van der Waals surface area (Å²) >= 11 is 0. The highest BCUT2D eigenvalue weighted by molar-refractivity contribution is 6.02. The number of hydroxylamine groups is 2. The van der Waals surface area contributed by atoms with Gasteiger partial charge in [0.15, 0.2) is 0 Å². The molecule has 0 atom stereocenters. The van der Waals surface area contributed by atoms with Crippen molar-refractivity contribution in [3.8, 4) is 0 Å². The van der Waals surface area contributed by atoms with Gasteiger partial charge in [-0.3, -0.25) is 9.59 Å². The Hall–Kier alpha value is -2.31. The maximum atomic E-state index is 13.2. The number of nitrogens with zero attached hydrogens (tertiary/aromatic N) is 1. The zero-order valence-electron chi connectivity index (χ0n) is 8.98. The number of hydrogen-bond donors (Lipinski definition) is 0. The maximum absolute atomic E-state index is 13.2. The molecule has 0 aromatic heterocycles. The minimum absolute atomic E-state index is 0.0717. The third-order valence-corrected chi connectivity index (χ3v) is 2.33. The van der Waals surface area contributed by atoms with E-state index in [0.29, 0.717) is 6.07 Å². The number of carbonyl (C=O) groups is 3. The first-order valence-corrected chi connectivity index (χ1v) is 5.02. The van der Waals surface area contributed by atoms with E-state index in [0.717, 1.165) is 12.1 Å². The summed E-state index contributed by atoms with van der Waals surface area (Å²) in [5.74, 6) is -4.51. The smallest absolute Gasteiger partial charge is 0.325 e. The molecule has 1 saturated heterocycles. The highest BCUT2D eigenvalue weighted by atomic mass is 19.1. The Morgan fingerprint density at radius 2 is 1.78 bits per heavy atom. The number of benzene rings is 1. The molecule has 94 valence electrons. The van der Waals surface area contributed by atoms with Crippen molar-refractivity contribution in [1.29, 1.82) is 0 Å². The van der Waals surface area contributed by atoms with Crippen molar-refractivity contribution >= 4 is 17.8 Å². The standard InChI is InChI=1S/C11H7F2NO4/c12-6-1-2-8(13)7(5-6)11(17)18-14-9(15)3-4-10(14)16/h1-2,5H,3-4H2. The summed E-state index contributed by atoms with van der Waals surface area (Å²) in [6.45, 7) is 0. The molecule has 7 heteroatoms. The van der Waals surface area contributed by atoms with Crippen molar-refractivity contribution in [2.75, 3.05) is 0 Å². The summed E-state index contributed by atoms with van der Waals surface area (Å²) in [6, 6.07) is 2.21. The van der Waals surface area contributed by atoms with Crippen LogP contribution in [-0.2, 0) is 14.4 Å². The van der Waals surface area contributed by atoms with Gasteiger partial charge in [-0.05, 0) is 18.2 Å². The molecule has 5 nitrogen and oxygen atoms in total. The number of halogens is 2. The van der Waals surface area contributed by atoms with Crippen LogP contribution in [-0.4, -0.2) is 22.8 Å². The lowest BCUT2D eigenvalue weighted by Crippen LogP contribution is -2.32. The van der Waals surface area contributed by atoms with E-state index in [1.165, 1.54) is 0 Å². The fourth-order valence-electron chi connectivity index (χ4n) is 1.44. The van der Waals surface area contributed by atoms with Crippen LogP contribution in [0.3, 0.4) is 0 Å². The van der Waals surface area contributed by atoms with Crippen LogP contribution in [0.2, 0.25) is 0 Å². The monoisotopic (exact) mass is 255 g/mol. The average Bonchev–Trinajstić information content (AvgIpc) is 2.64. The lowest BCUT2D eigenvalue weighted by Gasteiger charge is -2.12. The molecular formula is C11H7F2NO4. The average molecular weight is 255 g/mol. The minimum atomic E-state index is -1.30. The highest BCUT2D eigenvalue weighted by Crippen LogP contribution is 2.16. The first-order valence-electron chi connectivity index (χ1n) is 5.02. The molecule has 0 unspecified atom stereocenters. The molecule has 1 aliphatic rings. The van der Waals surface area contributed by atoms with E-state index in [2.05, 4.69) is 4.84 Å². The Balaban J connectivity index is 2.19. The van der Waals surface area contributed by atoms with Gasteiger partial charge in [0.05, 0.1) is 0 Å². The van der Waals surface area contributed by atoms with Crippen LogP contribution >= 0.6 is 0 Å². The molecule has 1 aromatic rings. The third-order valence-electron chi connectivity index (χ3n) is 2.33. The summed E-state index contributed by atoms with van der Waals surface area (Å²) < 4.78 is 26.1. The molecule has 1 heterocycles. The molecule has 18 heavy (non-hydrogen) atoms. The van der Waals surface area contributed by atoms with Crippen molar-refractivity contribution in [3.05, 3.63) is 35.4 Å². The van der Waals surface area contributed by atoms with Gasteiger partial charge in [-0.1, -0.05) is 0 Å². The predicted octanol–water partition coefficient (Wildman–Crippen LogP) is 1.19. The zero-order valence-corrected chi connectivity index (χ0v) is 8.98. The van der Waals surface area contributed by atoms with Gasteiger partial charge < -0.3 is 4.84 Å². The van der Waals surface area contributed by atoms with Gasteiger partial charge in [-0.25, -0.2) is 13.6 Å². The second-order valence-corrected chi connectivity index (χ2v) is 3.58. The SMILES string of the molecule is O=C(ON1C(=O)CCC1=O)c1cc(F)ccc1F. The third kappa shape index (κ3) is 2.20. The van der Waals surface area contributed by atoms with Gasteiger partial charge in [-0.15, -0.1) is 5.06 Å². The minimum Gasteiger partial charge on any atom is -0.325 e. The quantitative estimate of drug-likeness (QED) is 0.744. The number of carbonyl (C=O) groups excluding carboxylic acids is 3. The highest BCUT2D eigenvalue weighted by Gasteiger charge is 2.33. The lowest BCUT2D eigenvalue weighted by molar-refractivity contribution is -0.172. The van der Waals surface area contributed by atoms with Crippen LogP contribution in [0.5, 0.6) is 0 Å². The molecule has 1 aromatic carbocycles. The normalized spacial score (nSPS) is 15.1. The number of imide groups is 1. The number of amides is 2. The molecule has 0 bridgehead atoms. The first kappa shape index (κ1) is 12.2. The summed E-state index contributed by atoms with van der Waals surface area (Å²) in [5, 5.41) is 0.271. The largest absolute Gasteiger partial charge is 0.366 e. The van der Waals surface area contributed by atoms with Gasteiger partial charge >= 0.3 is 5.97 Å². The van der Waals surface area contributed by atoms with Gasteiger partial charge in [-0.2, -0.15) is 0 Å². The molecular weight excluding hydrogens is 248 g/mol. The van der Waals surface area contributed by atoms with Crippen molar-refractivity contribution < 1.29 is 28.0 Å². The van der Waals surface area contributed by atoms with Crippen LogP contribution in [0.15, 0.2) is 18.2 Å². The fraction of sp³-hybridized carbons (Fsp3) is 0.182. The van der Waals surface area contributed by atoms with Crippen LogP contribution < -0.4 is 0 Å². The first-order chi connectivity index (χ1) is 8.49. The van der Waals surface area contributed by atoms with E-state index >= 15 is 0 Å². The van der Waals surface area contributed by atoms with E-state index in [1.807, 2.05) is 0 Å². The lowest BCUT2D eigenvalue weighted by atomic mass is 10.2. The van der Waals surface area contributed by atoms with Crippen molar-refractivity contribution in [1.82, 2.24) is 5.06 Å². The number of rotatable bonds is 2. The topological polar surface area (TPSA) is 63.7 Å². The second-order valence-electron chi connectivity index (χ2n) is 3.58. The Morgan fingerprint density at radius 3 is 2.39 bits per heavy atom. The second kappa shape index (κ2) is 4.52. The van der Waals surface area contributed by atoms with E-state index in [-0.39, 0.29) is 17.9 Å². The maximum Gasteiger partial charge on any atom is 0.366 e. The van der Waals surface area contributed by atoms with Crippen molar-refractivity contribution in [3.63, 3.8) is 0 Å². The molecule has 2 amide bonds. The van der Waals surface area contributed by atoms with Crippen LogP contribution in [0.1, 0.15) is 23.2 Å². The van der Waals surface area contributed by atoms with Crippen molar-refractivity contribution in [2.45, 2.75) is 12.8 Å². The molecule has 0 spiro atoms. The van der Waals surface area contributed by atoms with E-state index in [9.17, 15) is 23.2 Å². The molecule has 0 aliphatic carbocycles. The van der Waals surface area contributed by atoms with Crippen LogP contribution in [0.4, 0.5) is 8.78 Å². The van der Waals surface area contributed by atoms with Gasteiger partial charge in [0.25, 0.3) is 11.8 Å². The zero-order chi connectivity index (χ0) is 13.3. The molecule has 0 saturated carbocycles. The summed E-state index contributed by atoms with van der Waals surface area (Å²) in [4.78, 5) is 38.3. The summed E-state index contributed by atoms with van der Waals surface area (Å²) in [6.07, 6.45) is -0.143. The summed E-state index contributed by atoms with van der Waals surface area (Å²) in [5.41, 5.74) is -0.678. The Kier molecular flexibility index (Phi) is 3.05. The van der Waals surface area contributed by atoms with Gasteiger partial charge in [0.2, 0.25) is 0 Å². The van der Waals surface area contributed by atoms with Gasteiger partial charge in [0, 0.05) is 12.8 Å². The van der Waals surface area contributed by atoms with E-state index in [1.54, 1.807) is 0 Å². The predicted molar refractivity (Wildman–Crippen MR) is 52.9 cm³/mol.